The van der Waals surface area contributed by atoms with Crippen molar-refractivity contribution >= 4 is 34.7 Å². The van der Waals surface area contributed by atoms with Gasteiger partial charge in [-0.15, -0.1) is 0 Å². The van der Waals surface area contributed by atoms with Gasteiger partial charge < -0.3 is 10.2 Å². The minimum Gasteiger partial charge on any atom is -0.505 e. The predicted molar refractivity (Wildman–Crippen MR) is 128 cm³/mol. The van der Waals surface area contributed by atoms with Crippen LogP contribution < -0.4 is 10.4 Å². The van der Waals surface area contributed by atoms with E-state index in [9.17, 15) is 33.0 Å². The number of anilines is 2. The van der Waals surface area contributed by atoms with Gasteiger partial charge in [-0.3, -0.25) is 10.2 Å². The number of benzene rings is 3. The zero-order valence-electron chi connectivity index (χ0n) is 18.7. The van der Waals surface area contributed by atoms with Gasteiger partial charge in [0, 0.05) is 5.56 Å². The van der Waals surface area contributed by atoms with Gasteiger partial charge in [0.2, 0.25) is 0 Å². The minimum atomic E-state index is -4.51. The Balaban J connectivity index is 1.60. The Morgan fingerprint density at radius 1 is 1.08 bits per heavy atom. The van der Waals surface area contributed by atoms with Crippen molar-refractivity contribution in [3.8, 4) is 16.9 Å². The quantitative estimate of drug-likeness (QED) is 0.314. The van der Waals surface area contributed by atoms with Gasteiger partial charge in [-0.05, 0) is 54.4 Å². The standard InChI is InChI=1S/C25H19F3N4O4/c1-2-19-21(23(34)32(31-19)17-11-9-16(10-12-17)25(26,27)28)30-29-20-8-4-7-18(22(20)33)14-5-3-6-15(13-14)24(35)36/h3-13,29,33H,2H2,1H3,(H,35,36). The molecule has 3 N–H and O–H groups in total. The highest BCUT2D eigenvalue weighted by Crippen LogP contribution is 2.36. The number of aromatic hydroxyl groups is 1. The molecule has 0 radical (unpaired) electrons. The number of nitrogens with zero attached hydrogens (tertiary/aromatic N) is 3. The average Bonchev–Trinajstić information content (AvgIpc) is 3.18. The third kappa shape index (κ3) is 4.76. The number of alkyl halides is 3. The minimum absolute atomic E-state index is 0.0502. The number of phenols is 1. The fourth-order valence-corrected chi connectivity index (χ4v) is 3.56. The molecule has 0 spiro atoms. The van der Waals surface area contributed by atoms with Crippen LogP contribution in [0.3, 0.4) is 0 Å². The predicted octanol–water partition coefficient (Wildman–Crippen LogP) is 5.36. The molecule has 1 heterocycles. The molecule has 1 amide bonds. The number of carbonyl (C=O) groups excluding carboxylic acids is 1. The van der Waals surface area contributed by atoms with Crippen LogP contribution in [0, 0.1) is 0 Å². The van der Waals surface area contributed by atoms with Crippen molar-refractivity contribution in [3.05, 3.63) is 77.9 Å². The number of hydrazone groups is 2. The zero-order valence-corrected chi connectivity index (χ0v) is 18.7. The number of carboxylic acids is 1. The van der Waals surface area contributed by atoms with Crippen molar-refractivity contribution in [2.45, 2.75) is 19.5 Å². The van der Waals surface area contributed by atoms with Gasteiger partial charge in [0.1, 0.15) is 5.75 Å². The Labute approximate surface area is 203 Å². The molecular formula is C25H19F3N4O4. The molecule has 0 aromatic heterocycles. The summed E-state index contributed by atoms with van der Waals surface area (Å²) in [5.74, 6) is -1.98. The number of rotatable bonds is 6. The van der Waals surface area contributed by atoms with Crippen molar-refractivity contribution in [3.63, 3.8) is 0 Å². The lowest BCUT2D eigenvalue weighted by Gasteiger charge is -2.13. The maximum atomic E-state index is 13.0. The summed E-state index contributed by atoms with van der Waals surface area (Å²) in [7, 11) is 0. The third-order valence-corrected chi connectivity index (χ3v) is 5.41. The molecule has 3 aromatic rings. The number of hydrogen-bond acceptors (Lipinski definition) is 6. The smallest absolute Gasteiger partial charge is 0.416 e. The zero-order chi connectivity index (χ0) is 26.0. The van der Waals surface area contributed by atoms with Crippen LogP contribution in [0.4, 0.5) is 24.5 Å². The van der Waals surface area contributed by atoms with Crippen LogP contribution in [0.25, 0.3) is 11.1 Å². The first kappa shape index (κ1) is 24.5. The largest absolute Gasteiger partial charge is 0.505 e. The number of nitrogens with one attached hydrogen (secondary N) is 1. The van der Waals surface area contributed by atoms with E-state index < -0.39 is 23.6 Å². The molecule has 184 valence electrons. The first-order valence-corrected chi connectivity index (χ1v) is 10.7. The Morgan fingerprint density at radius 3 is 2.42 bits per heavy atom. The van der Waals surface area contributed by atoms with E-state index in [1.165, 1.54) is 18.2 Å². The molecular weight excluding hydrogens is 477 g/mol. The van der Waals surface area contributed by atoms with Crippen molar-refractivity contribution in [1.29, 1.82) is 0 Å². The van der Waals surface area contributed by atoms with E-state index in [1.54, 1.807) is 31.2 Å². The van der Waals surface area contributed by atoms with Crippen LogP contribution in [-0.2, 0) is 11.0 Å². The molecule has 0 bridgehead atoms. The molecule has 4 rings (SSSR count). The summed E-state index contributed by atoms with van der Waals surface area (Å²) in [6.45, 7) is 1.74. The van der Waals surface area contributed by atoms with Crippen molar-refractivity contribution < 1.29 is 33.0 Å². The molecule has 0 unspecified atom stereocenters. The van der Waals surface area contributed by atoms with Gasteiger partial charge in [0.05, 0.1) is 28.2 Å². The highest BCUT2D eigenvalue weighted by Gasteiger charge is 2.34. The molecule has 0 fully saturated rings. The summed E-state index contributed by atoms with van der Waals surface area (Å²) < 4.78 is 38.6. The van der Waals surface area contributed by atoms with Crippen LogP contribution in [0.5, 0.6) is 5.75 Å². The molecule has 0 aliphatic carbocycles. The average molecular weight is 496 g/mol. The molecule has 11 heteroatoms. The second-order valence-electron chi connectivity index (χ2n) is 7.72. The summed E-state index contributed by atoms with van der Waals surface area (Å²) >= 11 is 0. The van der Waals surface area contributed by atoms with E-state index in [1.807, 2.05) is 0 Å². The highest BCUT2D eigenvalue weighted by molar-refractivity contribution is 6.71. The summed E-state index contributed by atoms with van der Waals surface area (Å²) in [4.78, 5) is 24.2. The number of para-hydroxylation sites is 1. The maximum Gasteiger partial charge on any atom is 0.416 e. The van der Waals surface area contributed by atoms with Crippen LogP contribution in [0.15, 0.2) is 76.9 Å². The summed E-state index contributed by atoms with van der Waals surface area (Å²) in [6.07, 6.45) is -4.19. The number of aromatic carboxylic acids is 1. The molecule has 0 saturated carbocycles. The van der Waals surface area contributed by atoms with Crippen LogP contribution in [0.1, 0.15) is 29.3 Å². The van der Waals surface area contributed by atoms with Crippen LogP contribution in [0.2, 0.25) is 0 Å². The number of halogens is 3. The van der Waals surface area contributed by atoms with Gasteiger partial charge in [-0.2, -0.15) is 28.4 Å². The molecule has 1 aliphatic rings. The number of carbonyl (C=O) groups is 2. The Morgan fingerprint density at radius 2 is 1.78 bits per heavy atom. The van der Waals surface area contributed by atoms with Crippen LogP contribution in [-0.4, -0.2) is 33.5 Å². The van der Waals surface area contributed by atoms with E-state index in [0.717, 1.165) is 29.3 Å². The van der Waals surface area contributed by atoms with E-state index in [0.29, 0.717) is 23.3 Å². The van der Waals surface area contributed by atoms with Gasteiger partial charge in [0.15, 0.2) is 5.71 Å². The third-order valence-electron chi connectivity index (χ3n) is 5.41. The second-order valence-corrected chi connectivity index (χ2v) is 7.72. The van der Waals surface area contributed by atoms with Crippen molar-refractivity contribution in [2.75, 3.05) is 10.4 Å². The summed E-state index contributed by atoms with van der Waals surface area (Å²) in [5.41, 5.74) is 3.19. The number of phenolic OH excluding ortho intramolecular Hbond substituents is 1. The SMILES string of the molecule is CCC1=NN(c2ccc(C(F)(F)F)cc2)C(=O)C1=NNc1cccc(-c2cccc(C(=O)O)c2)c1O. The van der Waals surface area contributed by atoms with E-state index in [4.69, 9.17) is 0 Å². The van der Waals surface area contributed by atoms with Gasteiger partial charge in [-0.25, -0.2) is 4.79 Å². The number of amides is 1. The Kier molecular flexibility index (Phi) is 6.47. The second kappa shape index (κ2) is 9.53. The maximum absolute atomic E-state index is 13.0. The van der Waals surface area contributed by atoms with Crippen molar-refractivity contribution in [1.82, 2.24) is 0 Å². The lowest BCUT2D eigenvalue weighted by atomic mass is 10.0. The normalized spacial score (nSPS) is 14.8. The molecule has 1 aliphatic heterocycles. The molecule has 36 heavy (non-hydrogen) atoms. The van der Waals surface area contributed by atoms with Crippen LogP contribution >= 0.6 is 0 Å². The topological polar surface area (TPSA) is 115 Å². The molecule has 0 saturated heterocycles. The van der Waals surface area contributed by atoms with E-state index >= 15 is 0 Å². The highest BCUT2D eigenvalue weighted by atomic mass is 19.4. The van der Waals surface area contributed by atoms with Gasteiger partial charge in [-0.1, -0.05) is 31.2 Å². The lowest BCUT2D eigenvalue weighted by molar-refractivity contribution is -0.137. The molecule has 8 nitrogen and oxygen atoms in total. The first-order valence-electron chi connectivity index (χ1n) is 10.7. The van der Waals surface area contributed by atoms with Gasteiger partial charge in [0.25, 0.3) is 0 Å². The van der Waals surface area contributed by atoms with E-state index in [2.05, 4.69) is 15.6 Å². The number of carboxylic acid groups (broad SMARTS) is 1. The fraction of sp³-hybridized carbons (Fsp3) is 0.120. The summed E-state index contributed by atoms with van der Waals surface area (Å²) in [5, 5.41) is 29.2. The molecule has 3 aromatic carbocycles. The Hall–Kier alpha value is -4.67. The number of hydrogen-bond donors (Lipinski definition) is 3. The Bertz CT molecular complexity index is 1400. The lowest BCUT2D eigenvalue weighted by Crippen LogP contribution is -2.28. The van der Waals surface area contributed by atoms with Crippen molar-refractivity contribution in [2.24, 2.45) is 10.2 Å². The van der Waals surface area contributed by atoms with E-state index in [-0.39, 0.29) is 28.4 Å². The molecule has 0 atom stereocenters. The fourth-order valence-electron chi connectivity index (χ4n) is 3.56. The van der Waals surface area contributed by atoms with Gasteiger partial charge >= 0.3 is 18.1 Å². The monoisotopic (exact) mass is 496 g/mol. The first-order chi connectivity index (χ1) is 17.1. The summed E-state index contributed by atoms with van der Waals surface area (Å²) in [6, 6.07) is 14.8.